The summed E-state index contributed by atoms with van der Waals surface area (Å²) in [6, 6.07) is 15.8. The number of anilines is 1. The van der Waals surface area contributed by atoms with Crippen molar-refractivity contribution in [2.24, 2.45) is 5.73 Å². The maximum atomic E-state index is 6.19. The third-order valence-corrected chi connectivity index (χ3v) is 2.74. The van der Waals surface area contributed by atoms with Crippen LogP contribution in [0.1, 0.15) is 22.7 Å². The van der Waals surface area contributed by atoms with E-state index in [9.17, 15) is 0 Å². The molecule has 0 saturated carbocycles. The van der Waals surface area contributed by atoms with E-state index >= 15 is 0 Å². The second-order valence-corrected chi connectivity index (χ2v) is 4.02. The van der Waals surface area contributed by atoms with Crippen LogP contribution in [-0.4, -0.2) is 0 Å². The van der Waals surface area contributed by atoms with Gasteiger partial charge in [0.1, 0.15) is 0 Å². The Hall–Kier alpha value is -1.80. The van der Waals surface area contributed by atoms with Crippen molar-refractivity contribution in [3.63, 3.8) is 0 Å². The Bertz CT molecular complexity index is 477. The molecule has 0 aromatic heterocycles. The normalized spacial score (nSPS) is 12.4. The van der Waals surface area contributed by atoms with Crippen LogP contribution in [0.3, 0.4) is 0 Å². The van der Waals surface area contributed by atoms with Crippen molar-refractivity contribution in [1.82, 2.24) is 0 Å². The lowest BCUT2D eigenvalue weighted by atomic mass is 9.97. The molecule has 0 aliphatic rings. The summed E-state index contributed by atoms with van der Waals surface area (Å²) in [5, 5.41) is 0. The van der Waals surface area contributed by atoms with E-state index in [1.807, 2.05) is 55.5 Å². The number of aryl methyl sites for hydroxylation is 1. The third kappa shape index (κ3) is 2.07. The summed E-state index contributed by atoms with van der Waals surface area (Å²) in [5.74, 6) is 0. The second kappa shape index (κ2) is 4.37. The number of rotatable bonds is 2. The van der Waals surface area contributed by atoms with Gasteiger partial charge in [0.15, 0.2) is 0 Å². The zero-order valence-electron chi connectivity index (χ0n) is 9.35. The second-order valence-electron chi connectivity index (χ2n) is 4.02. The van der Waals surface area contributed by atoms with Crippen molar-refractivity contribution in [2.75, 3.05) is 5.73 Å². The number of hydrogen-bond acceptors (Lipinski definition) is 2. The first-order valence-electron chi connectivity index (χ1n) is 5.35. The molecule has 4 N–H and O–H groups in total. The van der Waals surface area contributed by atoms with E-state index < -0.39 is 0 Å². The Morgan fingerprint density at radius 1 is 1.00 bits per heavy atom. The van der Waals surface area contributed by atoms with Gasteiger partial charge in [-0.25, -0.2) is 0 Å². The molecule has 2 rings (SSSR count). The summed E-state index contributed by atoms with van der Waals surface area (Å²) in [4.78, 5) is 0. The predicted molar refractivity (Wildman–Crippen MR) is 68.1 cm³/mol. The average molecular weight is 212 g/mol. The van der Waals surface area contributed by atoms with Crippen LogP contribution in [0.2, 0.25) is 0 Å². The molecule has 1 atom stereocenters. The topological polar surface area (TPSA) is 52.0 Å². The lowest BCUT2D eigenvalue weighted by Gasteiger charge is -2.15. The molecule has 82 valence electrons. The molecule has 2 aromatic rings. The molecule has 0 bridgehead atoms. The van der Waals surface area contributed by atoms with E-state index in [0.29, 0.717) is 0 Å². The molecule has 2 aromatic carbocycles. The van der Waals surface area contributed by atoms with Gasteiger partial charge in [0.05, 0.1) is 6.04 Å². The van der Waals surface area contributed by atoms with Gasteiger partial charge < -0.3 is 11.5 Å². The summed E-state index contributed by atoms with van der Waals surface area (Å²) in [6.07, 6.45) is 0. The number of hydrogen-bond donors (Lipinski definition) is 2. The molecule has 2 heteroatoms. The number of benzene rings is 2. The molecular weight excluding hydrogens is 196 g/mol. The van der Waals surface area contributed by atoms with Crippen molar-refractivity contribution in [2.45, 2.75) is 13.0 Å². The van der Waals surface area contributed by atoms with Crippen LogP contribution in [0.5, 0.6) is 0 Å². The van der Waals surface area contributed by atoms with Crippen LogP contribution < -0.4 is 11.5 Å². The Labute approximate surface area is 95.9 Å². The molecular formula is C14H16N2. The van der Waals surface area contributed by atoms with E-state index in [2.05, 4.69) is 0 Å². The average Bonchev–Trinajstić information content (AvgIpc) is 2.29. The highest BCUT2D eigenvalue weighted by Crippen LogP contribution is 2.25. The lowest BCUT2D eigenvalue weighted by Crippen LogP contribution is -2.13. The molecule has 0 saturated heterocycles. The fourth-order valence-corrected chi connectivity index (χ4v) is 1.82. The first kappa shape index (κ1) is 10.7. The summed E-state index contributed by atoms with van der Waals surface area (Å²) in [7, 11) is 0. The van der Waals surface area contributed by atoms with Gasteiger partial charge >= 0.3 is 0 Å². The molecule has 16 heavy (non-hydrogen) atoms. The molecule has 0 aliphatic heterocycles. The van der Waals surface area contributed by atoms with Gasteiger partial charge in [-0.1, -0.05) is 42.5 Å². The Kier molecular flexibility index (Phi) is 2.93. The van der Waals surface area contributed by atoms with Gasteiger partial charge in [0, 0.05) is 5.69 Å². The van der Waals surface area contributed by atoms with Crippen LogP contribution in [-0.2, 0) is 0 Å². The van der Waals surface area contributed by atoms with E-state index in [1.54, 1.807) is 0 Å². The lowest BCUT2D eigenvalue weighted by molar-refractivity contribution is 0.874. The summed E-state index contributed by atoms with van der Waals surface area (Å²) in [6.45, 7) is 2.02. The number of nitrogens with two attached hydrogens (primary N) is 2. The Morgan fingerprint density at radius 2 is 1.69 bits per heavy atom. The van der Waals surface area contributed by atoms with Crippen LogP contribution in [0.4, 0.5) is 5.69 Å². The maximum Gasteiger partial charge on any atom is 0.0572 e. The fourth-order valence-electron chi connectivity index (χ4n) is 1.82. The summed E-state index contributed by atoms with van der Waals surface area (Å²) in [5.41, 5.74) is 16.1. The first-order valence-corrected chi connectivity index (χ1v) is 5.35. The zero-order valence-corrected chi connectivity index (χ0v) is 9.35. The largest absolute Gasteiger partial charge is 0.398 e. The predicted octanol–water partition coefficient (Wildman–Crippen LogP) is 2.63. The minimum Gasteiger partial charge on any atom is -0.398 e. The molecule has 2 nitrogen and oxygen atoms in total. The highest BCUT2D eigenvalue weighted by molar-refractivity contribution is 5.52. The van der Waals surface area contributed by atoms with Crippen LogP contribution in [0.25, 0.3) is 0 Å². The minimum absolute atomic E-state index is 0.151. The molecule has 0 spiro atoms. The first-order chi connectivity index (χ1) is 7.68. The van der Waals surface area contributed by atoms with Gasteiger partial charge in [0.25, 0.3) is 0 Å². The van der Waals surface area contributed by atoms with Gasteiger partial charge in [-0.05, 0) is 29.7 Å². The van der Waals surface area contributed by atoms with E-state index in [-0.39, 0.29) is 6.04 Å². The maximum absolute atomic E-state index is 6.19. The van der Waals surface area contributed by atoms with Crippen LogP contribution >= 0.6 is 0 Å². The molecule has 0 amide bonds. The smallest absolute Gasteiger partial charge is 0.0572 e. The number of nitrogen functional groups attached to an aromatic ring is 1. The highest BCUT2D eigenvalue weighted by atomic mass is 14.7. The van der Waals surface area contributed by atoms with Gasteiger partial charge in [-0.2, -0.15) is 0 Å². The Morgan fingerprint density at radius 3 is 2.31 bits per heavy atom. The van der Waals surface area contributed by atoms with Crippen molar-refractivity contribution in [3.8, 4) is 0 Å². The van der Waals surface area contributed by atoms with Gasteiger partial charge in [-0.15, -0.1) is 0 Å². The SMILES string of the molecule is Cc1ccc(C(N)c2ccccc2)c(N)c1. The molecule has 0 heterocycles. The quantitative estimate of drug-likeness (QED) is 0.752. The van der Waals surface area contributed by atoms with Crippen molar-refractivity contribution >= 4 is 5.69 Å². The van der Waals surface area contributed by atoms with Crippen molar-refractivity contribution < 1.29 is 0 Å². The summed E-state index contributed by atoms with van der Waals surface area (Å²) >= 11 is 0. The van der Waals surface area contributed by atoms with Crippen LogP contribution in [0.15, 0.2) is 48.5 Å². The van der Waals surface area contributed by atoms with E-state index in [0.717, 1.165) is 22.4 Å². The third-order valence-electron chi connectivity index (χ3n) is 2.74. The standard InChI is InChI=1S/C14H16N2/c1-10-7-8-12(13(15)9-10)14(16)11-5-3-2-4-6-11/h2-9,14H,15-16H2,1H3. The monoisotopic (exact) mass is 212 g/mol. The van der Waals surface area contributed by atoms with E-state index in [4.69, 9.17) is 11.5 Å². The Balaban J connectivity index is 2.38. The van der Waals surface area contributed by atoms with Gasteiger partial charge in [0.2, 0.25) is 0 Å². The molecule has 0 fully saturated rings. The fraction of sp³-hybridized carbons (Fsp3) is 0.143. The van der Waals surface area contributed by atoms with E-state index in [1.165, 1.54) is 0 Å². The minimum atomic E-state index is -0.151. The van der Waals surface area contributed by atoms with Crippen molar-refractivity contribution in [3.05, 3.63) is 65.2 Å². The molecule has 1 unspecified atom stereocenters. The molecule has 0 radical (unpaired) electrons. The highest BCUT2D eigenvalue weighted by Gasteiger charge is 2.11. The van der Waals surface area contributed by atoms with Gasteiger partial charge in [-0.3, -0.25) is 0 Å². The van der Waals surface area contributed by atoms with Crippen molar-refractivity contribution in [1.29, 1.82) is 0 Å². The zero-order chi connectivity index (χ0) is 11.5. The summed E-state index contributed by atoms with van der Waals surface area (Å²) < 4.78 is 0. The van der Waals surface area contributed by atoms with Crippen LogP contribution in [0, 0.1) is 6.92 Å². The molecule has 0 aliphatic carbocycles.